The van der Waals surface area contributed by atoms with Crippen molar-refractivity contribution in [2.24, 2.45) is 0 Å². The Morgan fingerprint density at radius 1 is 0.943 bits per heavy atom. The van der Waals surface area contributed by atoms with E-state index >= 15 is 0 Å². The lowest BCUT2D eigenvalue weighted by atomic mass is 9.79. The number of nitrogens with zero attached hydrogens (tertiary/aromatic N) is 1. The number of anilines is 1. The van der Waals surface area contributed by atoms with Gasteiger partial charge in [-0.05, 0) is 66.1 Å². The number of halogens is 1. The summed E-state index contributed by atoms with van der Waals surface area (Å²) in [5.41, 5.74) is 3.42. The SMILES string of the molecule is COc1ccc([C@H]2[C@H](C(=O)Nc3ccc(Br)cc3C)c3cc(OC)c(OC)cc3C(=O)N2C)cc1. The third-order valence-electron chi connectivity index (χ3n) is 6.36. The van der Waals surface area contributed by atoms with Crippen molar-refractivity contribution in [2.75, 3.05) is 33.7 Å². The summed E-state index contributed by atoms with van der Waals surface area (Å²) in [7, 11) is 6.35. The van der Waals surface area contributed by atoms with E-state index in [1.807, 2.05) is 49.4 Å². The highest BCUT2D eigenvalue weighted by Gasteiger charge is 2.43. The molecular weight excluding hydrogens is 512 g/mol. The van der Waals surface area contributed by atoms with E-state index in [1.165, 1.54) is 14.2 Å². The number of methoxy groups -OCH3 is 3. The first-order chi connectivity index (χ1) is 16.8. The second-order valence-electron chi connectivity index (χ2n) is 8.35. The van der Waals surface area contributed by atoms with Crippen LogP contribution in [0, 0.1) is 6.92 Å². The maximum absolute atomic E-state index is 13.9. The van der Waals surface area contributed by atoms with Crippen LogP contribution in [0.15, 0.2) is 59.1 Å². The average Bonchev–Trinajstić information content (AvgIpc) is 2.86. The van der Waals surface area contributed by atoms with Crippen LogP contribution in [0.2, 0.25) is 0 Å². The van der Waals surface area contributed by atoms with Crippen LogP contribution in [-0.2, 0) is 4.79 Å². The molecule has 35 heavy (non-hydrogen) atoms. The summed E-state index contributed by atoms with van der Waals surface area (Å²) in [5.74, 6) is 0.434. The van der Waals surface area contributed by atoms with Crippen LogP contribution in [0.5, 0.6) is 17.2 Å². The minimum absolute atomic E-state index is 0.203. The summed E-state index contributed by atoms with van der Waals surface area (Å²) in [6, 6.07) is 15.9. The first kappa shape index (κ1) is 24.6. The molecule has 1 aliphatic rings. The smallest absolute Gasteiger partial charge is 0.254 e. The van der Waals surface area contributed by atoms with Crippen molar-refractivity contribution in [1.29, 1.82) is 0 Å². The van der Waals surface area contributed by atoms with E-state index in [-0.39, 0.29) is 11.8 Å². The Kier molecular flexibility index (Phi) is 7.03. The van der Waals surface area contributed by atoms with Gasteiger partial charge >= 0.3 is 0 Å². The second-order valence-corrected chi connectivity index (χ2v) is 9.27. The molecule has 3 aromatic carbocycles. The Labute approximate surface area is 213 Å². The number of aryl methyl sites for hydroxylation is 1. The van der Waals surface area contributed by atoms with Gasteiger partial charge in [-0.3, -0.25) is 9.59 Å². The van der Waals surface area contributed by atoms with Gasteiger partial charge in [-0.1, -0.05) is 28.1 Å². The van der Waals surface area contributed by atoms with E-state index < -0.39 is 12.0 Å². The fraction of sp³-hybridized carbons (Fsp3) is 0.259. The minimum Gasteiger partial charge on any atom is -0.497 e. The first-order valence-electron chi connectivity index (χ1n) is 11.0. The fourth-order valence-electron chi connectivity index (χ4n) is 4.53. The van der Waals surface area contributed by atoms with Crippen LogP contribution in [0.25, 0.3) is 0 Å². The molecule has 0 aromatic heterocycles. The summed E-state index contributed by atoms with van der Waals surface area (Å²) in [4.78, 5) is 29.0. The standard InChI is InChI=1S/C27H27BrN2O5/c1-15-12-17(28)8-11-21(15)29-26(31)24-19-13-22(34-4)23(35-5)14-20(19)27(32)30(2)25(24)16-6-9-18(33-3)10-7-16/h6-14,24-25H,1-5H3,(H,29,31)/t24-,25+/m1/s1. The molecule has 1 aliphatic heterocycles. The fourth-order valence-corrected chi connectivity index (χ4v) is 5.00. The zero-order valence-corrected chi connectivity index (χ0v) is 21.8. The second kappa shape index (κ2) is 10.00. The van der Waals surface area contributed by atoms with Crippen molar-refractivity contribution in [3.8, 4) is 17.2 Å². The van der Waals surface area contributed by atoms with Crippen LogP contribution in [0.4, 0.5) is 5.69 Å². The van der Waals surface area contributed by atoms with E-state index in [9.17, 15) is 9.59 Å². The van der Waals surface area contributed by atoms with Crippen LogP contribution in [0.3, 0.4) is 0 Å². The summed E-state index contributed by atoms with van der Waals surface area (Å²) >= 11 is 3.46. The van der Waals surface area contributed by atoms with Gasteiger partial charge in [0.15, 0.2) is 11.5 Å². The molecule has 7 nitrogen and oxygen atoms in total. The third kappa shape index (κ3) is 4.58. The molecule has 2 atom stereocenters. The Bertz CT molecular complexity index is 1280. The minimum atomic E-state index is -0.705. The van der Waals surface area contributed by atoms with Gasteiger partial charge in [-0.2, -0.15) is 0 Å². The lowest BCUT2D eigenvalue weighted by molar-refractivity contribution is -0.119. The van der Waals surface area contributed by atoms with Gasteiger partial charge in [-0.15, -0.1) is 0 Å². The molecule has 0 fully saturated rings. The number of nitrogens with one attached hydrogen (secondary N) is 1. The predicted octanol–water partition coefficient (Wildman–Crippen LogP) is 5.33. The molecule has 0 saturated carbocycles. The zero-order chi connectivity index (χ0) is 25.3. The molecule has 3 aromatic rings. The van der Waals surface area contributed by atoms with E-state index in [2.05, 4.69) is 21.2 Å². The Morgan fingerprint density at radius 2 is 1.60 bits per heavy atom. The van der Waals surface area contributed by atoms with E-state index in [4.69, 9.17) is 14.2 Å². The molecule has 0 saturated heterocycles. The van der Waals surface area contributed by atoms with Crippen molar-refractivity contribution in [3.63, 3.8) is 0 Å². The van der Waals surface area contributed by atoms with Crippen molar-refractivity contribution < 1.29 is 23.8 Å². The molecule has 2 amide bonds. The van der Waals surface area contributed by atoms with Gasteiger partial charge in [0.2, 0.25) is 5.91 Å². The maximum Gasteiger partial charge on any atom is 0.254 e. The van der Waals surface area contributed by atoms with E-state index in [0.717, 1.165) is 15.6 Å². The van der Waals surface area contributed by atoms with Crippen LogP contribution in [-0.4, -0.2) is 45.1 Å². The molecule has 0 bridgehead atoms. The highest BCUT2D eigenvalue weighted by molar-refractivity contribution is 9.10. The molecular formula is C27H27BrN2O5. The summed E-state index contributed by atoms with van der Waals surface area (Å²) in [6.45, 7) is 1.93. The van der Waals surface area contributed by atoms with Gasteiger partial charge in [-0.25, -0.2) is 0 Å². The molecule has 0 unspecified atom stereocenters. The number of carbonyl (C=O) groups excluding carboxylic acids is 2. The highest BCUT2D eigenvalue weighted by Crippen LogP contribution is 2.46. The monoisotopic (exact) mass is 538 g/mol. The number of hydrogen-bond donors (Lipinski definition) is 1. The highest BCUT2D eigenvalue weighted by atomic mass is 79.9. The van der Waals surface area contributed by atoms with Crippen molar-refractivity contribution in [2.45, 2.75) is 18.9 Å². The quantitative estimate of drug-likeness (QED) is 0.458. The van der Waals surface area contributed by atoms with Gasteiger partial charge in [0.1, 0.15) is 5.75 Å². The predicted molar refractivity (Wildman–Crippen MR) is 138 cm³/mol. The van der Waals surface area contributed by atoms with Crippen LogP contribution < -0.4 is 19.5 Å². The van der Waals surface area contributed by atoms with Gasteiger partial charge in [0.05, 0.1) is 33.3 Å². The summed E-state index contributed by atoms with van der Waals surface area (Å²) < 4.78 is 17.2. The Morgan fingerprint density at radius 3 is 2.20 bits per heavy atom. The number of ether oxygens (including phenoxy) is 3. The number of hydrogen-bond acceptors (Lipinski definition) is 5. The van der Waals surface area contributed by atoms with E-state index in [0.29, 0.717) is 34.1 Å². The largest absolute Gasteiger partial charge is 0.497 e. The molecule has 4 rings (SSSR count). The summed E-state index contributed by atoms with van der Waals surface area (Å²) in [6.07, 6.45) is 0. The lowest BCUT2D eigenvalue weighted by Crippen LogP contribution is -2.44. The first-order valence-corrected chi connectivity index (χ1v) is 11.8. The van der Waals surface area contributed by atoms with Crippen LogP contribution in [0.1, 0.15) is 39.0 Å². The normalized spacial score (nSPS) is 17.0. The number of likely N-dealkylation sites (N-methyl/N-ethyl adjacent to an activating group) is 1. The molecule has 0 radical (unpaired) electrons. The Hall–Kier alpha value is -3.52. The number of fused-ring (bicyclic) bond motifs is 1. The van der Waals surface area contributed by atoms with Gasteiger partial charge in [0.25, 0.3) is 5.91 Å². The van der Waals surface area contributed by atoms with Crippen molar-refractivity contribution >= 4 is 33.4 Å². The van der Waals surface area contributed by atoms with Crippen LogP contribution >= 0.6 is 15.9 Å². The molecule has 0 spiro atoms. The molecule has 0 aliphatic carbocycles. The molecule has 1 heterocycles. The number of rotatable bonds is 6. The summed E-state index contributed by atoms with van der Waals surface area (Å²) in [5, 5.41) is 3.08. The van der Waals surface area contributed by atoms with Crippen molar-refractivity contribution in [1.82, 2.24) is 4.90 Å². The lowest BCUT2D eigenvalue weighted by Gasteiger charge is -2.40. The van der Waals surface area contributed by atoms with Crippen molar-refractivity contribution in [3.05, 3.63) is 81.3 Å². The average molecular weight is 539 g/mol. The number of benzene rings is 3. The maximum atomic E-state index is 13.9. The van der Waals surface area contributed by atoms with E-state index in [1.54, 1.807) is 31.2 Å². The molecule has 8 heteroatoms. The van der Waals surface area contributed by atoms with Gasteiger partial charge < -0.3 is 24.4 Å². The molecule has 1 N–H and O–H groups in total. The van der Waals surface area contributed by atoms with Gasteiger partial charge in [0, 0.05) is 22.8 Å². The Balaban J connectivity index is 1.87. The number of carbonyl (C=O) groups is 2. The number of amides is 2. The third-order valence-corrected chi connectivity index (χ3v) is 6.85. The topological polar surface area (TPSA) is 77.1 Å². The zero-order valence-electron chi connectivity index (χ0n) is 20.2. The molecule has 182 valence electrons.